The summed E-state index contributed by atoms with van der Waals surface area (Å²) in [6, 6.07) is 18.1. The van der Waals surface area contributed by atoms with Gasteiger partial charge in [-0.25, -0.2) is 4.57 Å². The second kappa shape index (κ2) is 9.06. The predicted molar refractivity (Wildman–Crippen MR) is 129 cm³/mol. The van der Waals surface area contributed by atoms with Crippen LogP contribution in [0.25, 0.3) is 22.4 Å². The molecule has 0 saturated heterocycles. The van der Waals surface area contributed by atoms with Crippen molar-refractivity contribution in [3.05, 3.63) is 83.0 Å². The summed E-state index contributed by atoms with van der Waals surface area (Å²) in [7, 11) is 3.30. The maximum Gasteiger partial charge on any atom is 0.267 e. The topological polar surface area (TPSA) is 94.9 Å². The highest BCUT2D eigenvalue weighted by Crippen LogP contribution is 2.24. The number of hydrogen-bond donors (Lipinski definition) is 0. The van der Waals surface area contributed by atoms with E-state index < -0.39 is 0 Å². The minimum absolute atomic E-state index is 0.0800. The Hall–Kier alpha value is -4.05. The van der Waals surface area contributed by atoms with Crippen molar-refractivity contribution in [1.29, 1.82) is 0 Å². The van der Waals surface area contributed by atoms with Crippen LogP contribution in [-0.4, -0.2) is 49.9 Å². The van der Waals surface area contributed by atoms with Crippen molar-refractivity contribution in [3.63, 3.8) is 0 Å². The minimum Gasteiger partial charge on any atom is -0.497 e. The first kappa shape index (κ1) is 21.8. The number of ether oxygens (including phenoxy) is 1. The standard InChI is InChI=1S/C24H21N5O4S/c1-27(14-18-9-6-12-33-18)21(30)15-34-24-26-25-23-28(16-7-5-8-17(13-16)32-2)22(31)19-10-3-4-11-20(19)29(23)24/h3-13H,14-15H2,1-2H3. The molecular weight excluding hydrogens is 454 g/mol. The van der Waals surface area contributed by atoms with E-state index in [4.69, 9.17) is 9.15 Å². The van der Waals surface area contributed by atoms with E-state index in [1.807, 2.05) is 42.5 Å². The number of benzene rings is 2. The summed E-state index contributed by atoms with van der Waals surface area (Å²) in [6.45, 7) is 0.380. The molecular formula is C24H21N5O4S. The number of carbonyl (C=O) groups is 1. The highest BCUT2D eigenvalue weighted by Gasteiger charge is 2.20. The molecule has 3 aromatic heterocycles. The smallest absolute Gasteiger partial charge is 0.267 e. The van der Waals surface area contributed by atoms with Crippen molar-refractivity contribution in [2.45, 2.75) is 11.7 Å². The SMILES string of the molecule is COc1cccc(-n2c(=O)c3ccccc3n3c(SCC(=O)N(C)Cc4ccco4)nnc23)c1. The average Bonchev–Trinajstić information content (AvgIpc) is 3.53. The van der Waals surface area contributed by atoms with Gasteiger partial charge in [-0.15, -0.1) is 10.2 Å². The number of fused-ring (bicyclic) bond motifs is 3. The van der Waals surface area contributed by atoms with Crippen molar-refractivity contribution in [3.8, 4) is 11.4 Å². The summed E-state index contributed by atoms with van der Waals surface area (Å²) in [5.41, 5.74) is 1.07. The van der Waals surface area contributed by atoms with Gasteiger partial charge >= 0.3 is 0 Å². The molecule has 0 radical (unpaired) electrons. The Labute approximate surface area is 198 Å². The molecule has 34 heavy (non-hydrogen) atoms. The third-order valence-electron chi connectivity index (χ3n) is 5.43. The van der Waals surface area contributed by atoms with Gasteiger partial charge in [0, 0.05) is 13.1 Å². The molecule has 10 heteroatoms. The van der Waals surface area contributed by atoms with Gasteiger partial charge in [0.2, 0.25) is 11.7 Å². The molecule has 172 valence electrons. The third-order valence-corrected chi connectivity index (χ3v) is 6.34. The second-order valence-electron chi connectivity index (χ2n) is 7.60. The molecule has 0 spiro atoms. The molecule has 1 amide bonds. The number of para-hydroxylation sites is 1. The van der Waals surface area contributed by atoms with E-state index in [0.29, 0.717) is 45.6 Å². The molecule has 0 saturated carbocycles. The number of methoxy groups -OCH3 is 1. The van der Waals surface area contributed by atoms with E-state index in [1.54, 1.807) is 47.9 Å². The van der Waals surface area contributed by atoms with Crippen LogP contribution in [0.1, 0.15) is 5.76 Å². The maximum atomic E-state index is 13.4. The highest BCUT2D eigenvalue weighted by molar-refractivity contribution is 7.99. The van der Waals surface area contributed by atoms with Gasteiger partial charge in [-0.3, -0.25) is 14.0 Å². The first-order valence-electron chi connectivity index (χ1n) is 10.5. The Morgan fingerprint density at radius 1 is 1.12 bits per heavy atom. The van der Waals surface area contributed by atoms with E-state index in [0.717, 1.165) is 0 Å². The fourth-order valence-electron chi connectivity index (χ4n) is 3.72. The van der Waals surface area contributed by atoms with Gasteiger partial charge in [0.25, 0.3) is 5.56 Å². The zero-order valence-corrected chi connectivity index (χ0v) is 19.4. The monoisotopic (exact) mass is 475 g/mol. The van der Waals surface area contributed by atoms with Crippen LogP contribution in [0.15, 0.2) is 81.3 Å². The number of aromatic nitrogens is 4. The van der Waals surface area contributed by atoms with Gasteiger partial charge in [-0.05, 0) is 36.4 Å². The fourth-order valence-corrected chi connectivity index (χ4v) is 4.60. The fraction of sp³-hybridized carbons (Fsp3) is 0.167. The van der Waals surface area contributed by atoms with Crippen LogP contribution in [0.4, 0.5) is 0 Å². The Kier molecular flexibility index (Phi) is 5.81. The van der Waals surface area contributed by atoms with E-state index in [2.05, 4.69) is 10.2 Å². The molecule has 0 aliphatic rings. The van der Waals surface area contributed by atoms with Gasteiger partial charge in [-0.2, -0.15) is 0 Å². The maximum absolute atomic E-state index is 13.4. The zero-order valence-electron chi connectivity index (χ0n) is 18.5. The van der Waals surface area contributed by atoms with Crippen LogP contribution in [0.2, 0.25) is 0 Å². The van der Waals surface area contributed by atoms with Crippen LogP contribution in [0.5, 0.6) is 5.75 Å². The van der Waals surface area contributed by atoms with Crippen molar-refractivity contribution in [2.24, 2.45) is 0 Å². The quantitative estimate of drug-likeness (QED) is 0.333. The predicted octanol–water partition coefficient (Wildman–Crippen LogP) is 3.39. The number of rotatable bonds is 7. The number of thioether (sulfide) groups is 1. The van der Waals surface area contributed by atoms with Crippen LogP contribution >= 0.6 is 11.8 Å². The van der Waals surface area contributed by atoms with Crippen LogP contribution in [0.3, 0.4) is 0 Å². The molecule has 5 aromatic rings. The van der Waals surface area contributed by atoms with Gasteiger partial charge in [0.15, 0.2) is 5.16 Å². The van der Waals surface area contributed by atoms with E-state index in [1.165, 1.54) is 16.3 Å². The molecule has 0 aliphatic carbocycles. The molecule has 2 aromatic carbocycles. The van der Waals surface area contributed by atoms with E-state index in [-0.39, 0.29) is 17.2 Å². The largest absolute Gasteiger partial charge is 0.497 e. The first-order chi connectivity index (χ1) is 16.6. The van der Waals surface area contributed by atoms with Crippen molar-refractivity contribution in [2.75, 3.05) is 19.9 Å². The molecule has 0 aliphatic heterocycles. The molecule has 0 fully saturated rings. The number of carbonyl (C=O) groups excluding carboxylic acids is 1. The normalized spacial score (nSPS) is 11.2. The van der Waals surface area contributed by atoms with Gasteiger partial charge in [-0.1, -0.05) is 30.0 Å². The van der Waals surface area contributed by atoms with Gasteiger partial charge in [0.1, 0.15) is 11.5 Å². The van der Waals surface area contributed by atoms with Crippen molar-refractivity contribution in [1.82, 2.24) is 24.1 Å². The van der Waals surface area contributed by atoms with Crippen LogP contribution in [-0.2, 0) is 11.3 Å². The van der Waals surface area contributed by atoms with Crippen LogP contribution < -0.4 is 10.3 Å². The molecule has 0 bridgehead atoms. The molecule has 0 unspecified atom stereocenters. The van der Waals surface area contributed by atoms with Crippen molar-refractivity contribution >= 4 is 34.3 Å². The minimum atomic E-state index is -0.213. The number of furan rings is 1. The first-order valence-corrected chi connectivity index (χ1v) is 11.5. The lowest BCUT2D eigenvalue weighted by Crippen LogP contribution is -2.27. The molecule has 0 atom stereocenters. The zero-order chi connectivity index (χ0) is 23.7. The Bertz CT molecular complexity index is 1540. The van der Waals surface area contributed by atoms with E-state index in [9.17, 15) is 9.59 Å². The van der Waals surface area contributed by atoms with Gasteiger partial charge < -0.3 is 14.1 Å². The number of nitrogens with zero attached hydrogens (tertiary/aromatic N) is 5. The Balaban J connectivity index is 1.55. The summed E-state index contributed by atoms with van der Waals surface area (Å²) < 4.78 is 14.0. The molecule has 0 N–H and O–H groups in total. The molecule has 3 heterocycles. The lowest BCUT2D eigenvalue weighted by Gasteiger charge is -2.15. The summed E-state index contributed by atoms with van der Waals surface area (Å²) in [5.74, 6) is 1.77. The lowest BCUT2D eigenvalue weighted by molar-refractivity contribution is -0.127. The molecule has 9 nitrogen and oxygen atoms in total. The Morgan fingerprint density at radius 2 is 1.97 bits per heavy atom. The molecule has 5 rings (SSSR count). The lowest BCUT2D eigenvalue weighted by atomic mass is 10.2. The Morgan fingerprint density at radius 3 is 2.76 bits per heavy atom. The van der Waals surface area contributed by atoms with E-state index >= 15 is 0 Å². The van der Waals surface area contributed by atoms with Crippen molar-refractivity contribution < 1.29 is 13.9 Å². The highest BCUT2D eigenvalue weighted by atomic mass is 32.2. The summed E-state index contributed by atoms with van der Waals surface area (Å²) in [5, 5.41) is 9.67. The third kappa shape index (κ3) is 3.92. The summed E-state index contributed by atoms with van der Waals surface area (Å²) in [6.07, 6.45) is 1.58. The van der Waals surface area contributed by atoms with Gasteiger partial charge in [0.05, 0.1) is 42.3 Å². The van der Waals surface area contributed by atoms with Crippen LogP contribution in [0, 0.1) is 0 Å². The second-order valence-corrected chi connectivity index (χ2v) is 8.54. The summed E-state index contributed by atoms with van der Waals surface area (Å²) >= 11 is 1.27. The summed E-state index contributed by atoms with van der Waals surface area (Å²) in [4.78, 5) is 27.7. The average molecular weight is 476 g/mol. The number of amides is 1. The number of hydrogen-bond acceptors (Lipinski definition) is 7.